The standard InChI is InChI=1S/C15H27N5O/c1-4-21-11-14-17-13(16)9-15(18-14)20-7-5-19(6-8-20)10-12(2)3/h9,12H,4-8,10-11H2,1-3H3,(H2,16,17,18). The normalized spacial score (nSPS) is 16.7. The van der Waals surface area contributed by atoms with Gasteiger partial charge in [-0.05, 0) is 12.8 Å². The third kappa shape index (κ3) is 4.82. The molecule has 0 amide bonds. The van der Waals surface area contributed by atoms with E-state index in [9.17, 15) is 0 Å². The monoisotopic (exact) mass is 293 g/mol. The molecule has 0 radical (unpaired) electrons. The van der Waals surface area contributed by atoms with Crippen molar-refractivity contribution in [1.82, 2.24) is 14.9 Å². The quantitative estimate of drug-likeness (QED) is 0.854. The first kappa shape index (κ1) is 16.0. The molecule has 1 saturated heterocycles. The Morgan fingerprint density at radius 2 is 1.95 bits per heavy atom. The highest BCUT2D eigenvalue weighted by Gasteiger charge is 2.19. The number of ether oxygens (including phenoxy) is 1. The van der Waals surface area contributed by atoms with E-state index in [1.165, 1.54) is 0 Å². The highest BCUT2D eigenvalue weighted by Crippen LogP contribution is 2.17. The molecule has 0 spiro atoms. The topological polar surface area (TPSA) is 67.5 Å². The molecule has 0 unspecified atom stereocenters. The molecule has 1 aromatic heterocycles. The van der Waals surface area contributed by atoms with Gasteiger partial charge in [0.2, 0.25) is 0 Å². The van der Waals surface area contributed by atoms with E-state index in [0.717, 1.165) is 38.5 Å². The van der Waals surface area contributed by atoms with E-state index < -0.39 is 0 Å². The third-order valence-electron chi connectivity index (χ3n) is 3.53. The highest BCUT2D eigenvalue weighted by atomic mass is 16.5. The summed E-state index contributed by atoms with van der Waals surface area (Å²) in [6.45, 7) is 12.8. The zero-order chi connectivity index (χ0) is 15.2. The van der Waals surface area contributed by atoms with Gasteiger partial charge >= 0.3 is 0 Å². The summed E-state index contributed by atoms with van der Waals surface area (Å²) in [6, 6.07) is 1.85. The van der Waals surface area contributed by atoms with E-state index in [-0.39, 0.29) is 0 Å². The van der Waals surface area contributed by atoms with Crippen LogP contribution >= 0.6 is 0 Å². The van der Waals surface area contributed by atoms with Crippen LogP contribution in [-0.4, -0.2) is 54.2 Å². The van der Waals surface area contributed by atoms with E-state index in [1.54, 1.807) is 0 Å². The van der Waals surface area contributed by atoms with Crippen molar-refractivity contribution in [2.24, 2.45) is 5.92 Å². The van der Waals surface area contributed by atoms with Crippen molar-refractivity contribution in [2.45, 2.75) is 27.4 Å². The summed E-state index contributed by atoms with van der Waals surface area (Å²) in [6.07, 6.45) is 0. The fraction of sp³-hybridized carbons (Fsp3) is 0.733. The number of aromatic nitrogens is 2. The van der Waals surface area contributed by atoms with Crippen molar-refractivity contribution >= 4 is 11.6 Å². The molecule has 2 rings (SSSR count). The number of hydrogen-bond acceptors (Lipinski definition) is 6. The molecule has 21 heavy (non-hydrogen) atoms. The Labute approximate surface area is 127 Å². The lowest BCUT2D eigenvalue weighted by Gasteiger charge is -2.36. The van der Waals surface area contributed by atoms with Gasteiger partial charge in [-0.2, -0.15) is 0 Å². The van der Waals surface area contributed by atoms with Crippen molar-refractivity contribution in [2.75, 3.05) is 50.0 Å². The summed E-state index contributed by atoms with van der Waals surface area (Å²) in [7, 11) is 0. The Balaban J connectivity index is 1.97. The molecule has 6 nitrogen and oxygen atoms in total. The van der Waals surface area contributed by atoms with E-state index >= 15 is 0 Å². The van der Waals surface area contributed by atoms with Crippen LogP contribution in [0.4, 0.5) is 11.6 Å². The number of nitrogens with two attached hydrogens (primary N) is 1. The van der Waals surface area contributed by atoms with Crippen molar-refractivity contribution in [3.8, 4) is 0 Å². The predicted molar refractivity (Wildman–Crippen MR) is 85.3 cm³/mol. The van der Waals surface area contributed by atoms with Gasteiger partial charge in [0.25, 0.3) is 0 Å². The van der Waals surface area contributed by atoms with Crippen LogP contribution in [0.15, 0.2) is 6.07 Å². The Bertz CT molecular complexity index is 444. The average molecular weight is 293 g/mol. The molecule has 1 aliphatic rings. The smallest absolute Gasteiger partial charge is 0.158 e. The molecule has 1 aromatic rings. The van der Waals surface area contributed by atoms with Crippen LogP contribution in [0.1, 0.15) is 26.6 Å². The molecule has 0 aliphatic carbocycles. The lowest BCUT2D eigenvalue weighted by molar-refractivity contribution is 0.128. The van der Waals surface area contributed by atoms with Crippen molar-refractivity contribution in [3.63, 3.8) is 0 Å². The zero-order valence-electron chi connectivity index (χ0n) is 13.4. The van der Waals surface area contributed by atoms with Crippen LogP contribution in [0.3, 0.4) is 0 Å². The molecule has 1 aliphatic heterocycles. The highest BCUT2D eigenvalue weighted by molar-refractivity contribution is 5.47. The summed E-state index contributed by atoms with van der Waals surface area (Å²) in [5.74, 6) is 2.81. The molecule has 0 saturated carbocycles. The summed E-state index contributed by atoms with van der Waals surface area (Å²) in [5, 5.41) is 0. The van der Waals surface area contributed by atoms with Crippen molar-refractivity contribution < 1.29 is 4.74 Å². The first-order valence-corrected chi connectivity index (χ1v) is 7.77. The fourth-order valence-electron chi connectivity index (χ4n) is 2.60. The van der Waals surface area contributed by atoms with E-state index in [2.05, 4.69) is 33.6 Å². The van der Waals surface area contributed by atoms with Crippen LogP contribution in [0.2, 0.25) is 0 Å². The number of nitrogens with zero attached hydrogens (tertiary/aromatic N) is 4. The first-order valence-electron chi connectivity index (χ1n) is 7.77. The van der Waals surface area contributed by atoms with Crippen LogP contribution in [0.5, 0.6) is 0 Å². The number of nitrogen functional groups attached to an aromatic ring is 1. The minimum atomic E-state index is 0.419. The van der Waals surface area contributed by atoms with Gasteiger partial charge in [0.1, 0.15) is 18.2 Å². The number of piperazine rings is 1. The van der Waals surface area contributed by atoms with Gasteiger partial charge in [-0.3, -0.25) is 4.90 Å². The lowest BCUT2D eigenvalue weighted by Crippen LogP contribution is -2.47. The Morgan fingerprint density at radius 3 is 2.57 bits per heavy atom. The van der Waals surface area contributed by atoms with Crippen molar-refractivity contribution in [1.29, 1.82) is 0 Å². The maximum atomic E-state index is 5.89. The predicted octanol–water partition coefficient (Wildman–Crippen LogP) is 1.37. The third-order valence-corrected chi connectivity index (χ3v) is 3.53. The van der Waals surface area contributed by atoms with Gasteiger partial charge in [0, 0.05) is 45.4 Å². The fourth-order valence-corrected chi connectivity index (χ4v) is 2.60. The van der Waals surface area contributed by atoms with Gasteiger partial charge in [-0.15, -0.1) is 0 Å². The second-order valence-electron chi connectivity index (χ2n) is 5.89. The molecular weight excluding hydrogens is 266 g/mol. The number of anilines is 2. The SMILES string of the molecule is CCOCc1nc(N)cc(N2CCN(CC(C)C)CC2)n1. The molecule has 0 atom stereocenters. The summed E-state index contributed by atoms with van der Waals surface area (Å²) in [4.78, 5) is 13.6. The largest absolute Gasteiger partial charge is 0.384 e. The maximum Gasteiger partial charge on any atom is 0.158 e. The lowest BCUT2D eigenvalue weighted by atomic mass is 10.2. The Hall–Kier alpha value is -1.40. The molecule has 0 bridgehead atoms. The molecule has 1 fully saturated rings. The van der Waals surface area contributed by atoms with E-state index in [1.807, 2.05) is 13.0 Å². The van der Waals surface area contributed by atoms with Gasteiger partial charge in [0.05, 0.1) is 0 Å². The second-order valence-corrected chi connectivity index (χ2v) is 5.89. The Kier molecular flexibility index (Phi) is 5.76. The first-order chi connectivity index (χ1) is 10.1. The molecule has 0 aromatic carbocycles. The van der Waals surface area contributed by atoms with E-state index in [0.29, 0.717) is 30.8 Å². The van der Waals surface area contributed by atoms with E-state index in [4.69, 9.17) is 10.5 Å². The molecule has 118 valence electrons. The minimum Gasteiger partial charge on any atom is -0.384 e. The van der Waals surface area contributed by atoms with Crippen LogP contribution in [0, 0.1) is 5.92 Å². The second kappa shape index (κ2) is 7.56. The zero-order valence-corrected chi connectivity index (χ0v) is 13.4. The van der Waals surface area contributed by atoms with Crippen LogP contribution in [0.25, 0.3) is 0 Å². The van der Waals surface area contributed by atoms with Gasteiger partial charge in [0.15, 0.2) is 5.82 Å². The van der Waals surface area contributed by atoms with Crippen LogP contribution < -0.4 is 10.6 Å². The molecule has 2 heterocycles. The van der Waals surface area contributed by atoms with Gasteiger partial charge < -0.3 is 15.4 Å². The molecule has 2 N–H and O–H groups in total. The maximum absolute atomic E-state index is 5.89. The summed E-state index contributed by atoms with van der Waals surface area (Å²) >= 11 is 0. The average Bonchev–Trinajstić information content (AvgIpc) is 2.44. The molecular formula is C15H27N5O. The number of rotatable bonds is 6. The van der Waals surface area contributed by atoms with Crippen molar-refractivity contribution in [3.05, 3.63) is 11.9 Å². The van der Waals surface area contributed by atoms with Gasteiger partial charge in [-0.25, -0.2) is 9.97 Å². The minimum absolute atomic E-state index is 0.419. The molecule has 6 heteroatoms. The van der Waals surface area contributed by atoms with Gasteiger partial charge in [-0.1, -0.05) is 13.8 Å². The summed E-state index contributed by atoms with van der Waals surface area (Å²) < 4.78 is 5.37. The summed E-state index contributed by atoms with van der Waals surface area (Å²) in [5.41, 5.74) is 5.89. The number of hydrogen-bond donors (Lipinski definition) is 1. The van der Waals surface area contributed by atoms with Crippen LogP contribution in [-0.2, 0) is 11.3 Å². The Morgan fingerprint density at radius 1 is 1.24 bits per heavy atom.